The summed E-state index contributed by atoms with van der Waals surface area (Å²) in [5.74, 6) is 2.57. The Hall–Kier alpha value is -1.10. The lowest BCUT2D eigenvalue weighted by Crippen LogP contribution is -2.20. The predicted octanol–water partition coefficient (Wildman–Crippen LogP) is 3.91. The molecule has 1 unspecified atom stereocenters. The average Bonchev–Trinajstić information content (AvgIpc) is 3.11. The van der Waals surface area contributed by atoms with Gasteiger partial charge in [-0.3, -0.25) is 4.90 Å². The molecule has 0 bridgehead atoms. The zero-order valence-corrected chi connectivity index (χ0v) is 13.6. The lowest BCUT2D eigenvalue weighted by molar-refractivity contribution is 0.244. The first-order valence-corrected chi connectivity index (χ1v) is 8.22. The maximum Gasteiger partial charge on any atom is 0.134 e. The van der Waals surface area contributed by atoms with E-state index in [1.165, 1.54) is 6.42 Å². The Labute approximate surface area is 133 Å². The Kier molecular flexibility index (Phi) is 4.78. The predicted molar refractivity (Wildman–Crippen MR) is 86.9 cm³/mol. The van der Waals surface area contributed by atoms with Crippen molar-refractivity contribution in [3.05, 3.63) is 46.6 Å². The van der Waals surface area contributed by atoms with E-state index in [0.29, 0.717) is 12.5 Å². The number of nitrogens with zero attached hydrogens (tertiary/aromatic N) is 1. The maximum atomic E-state index is 9.01. The summed E-state index contributed by atoms with van der Waals surface area (Å²) in [7, 11) is 0. The Morgan fingerprint density at radius 1 is 1.19 bits per heavy atom. The van der Waals surface area contributed by atoms with E-state index in [0.717, 1.165) is 47.6 Å². The molecule has 2 aromatic rings. The van der Waals surface area contributed by atoms with Crippen LogP contribution >= 0.6 is 15.9 Å². The van der Waals surface area contributed by atoms with Gasteiger partial charge in [0.05, 0.1) is 6.54 Å². The number of aliphatic hydroxyl groups excluding tert-OH is 1. The quantitative estimate of drug-likeness (QED) is 0.888. The summed E-state index contributed by atoms with van der Waals surface area (Å²) in [6, 6.07) is 12.3. The zero-order chi connectivity index (χ0) is 14.7. The van der Waals surface area contributed by atoms with Crippen LogP contribution in [0, 0.1) is 5.92 Å². The first-order chi connectivity index (χ1) is 10.2. The Balaban J connectivity index is 1.62. The molecule has 3 nitrogen and oxygen atoms in total. The highest BCUT2D eigenvalue weighted by molar-refractivity contribution is 9.10. The topological polar surface area (TPSA) is 36.6 Å². The van der Waals surface area contributed by atoms with Gasteiger partial charge in [0.2, 0.25) is 0 Å². The van der Waals surface area contributed by atoms with E-state index < -0.39 is 0 Å². The number of hydrogen-bond acceptors (Lipinski definition) is 3. The molecule has 1 aromatic heterocycles. The molecule has 0 spiro atoms. The van der Waals surface area contributed by atoms with Gasteiger partial charge in [-0.2, -0.15) is 0 Å². The third kappa shape index (κ3) is 3.76. The fraction of sp³-hybridized carbons (Fsp3) is 0.412. The molecule has 0 aliphatic carbocycles. The van der Waals surface area contributed by atoms with Crippen LogP contribution in [0.5, 0.6) is 0 Å². The molecule has 2 heterocycles. The summed E-state index contributed by atoms with van der Waals surface area (Å²) in [5.41, 5.74) is 1.10. The highest BCUT2D eigenvalue weighted by Crippen LogP contribution is 2.26. The fourth-order valence-electron chi connectivity index (χ4n) is 2.93. The van der Waals surface area contributed by atoms with Crippen LogP contribution in [0.15, 0.2) is 45.3 Å². The number of furan rings is 1. The molecule has 1 aliphatic heterocycles. The largest absolute Gasteiger partial charge is 0.460 e. The van der Waals surface area contributed by atoms with E-state index >= 15 is 0 Å². The van der Waals surface area contributed by atoms with Gasteiger partial charge in [0.25, 0.3) is 0 Å². The monoisotopic (exact) mass is 349 g/mol. The van der Waals surface area contributed by atoms with Crippen molar-refractivity contribution in [1.82, 2.24) is 4.90 Å². The number of rotatable bonds is 5. The van der Waals surface area contributed by atoms with Crippen molar-refractivity contribution in [3.63, 3.8) is 0 Å². The summed E-state index contributed by atoms with van der Waals surface area (Å²) < 4.78 is 7.03. The number of halogens is 1. The second kappa shape index (κ2) is 6.77. The Morgan fingerprint density at radius 3 is 2.76 bits per heavy atom. The first kappa shape index (κ1) is 14.8. The van der Waals surface area contributed by atoms with Gasteiger partial charge in [-0.05, 0) is 49.6 Å². The van der Waals surface area contributed by atoms with Gasteiger partial charge < -0.3 is 9.52 Å². The van der Waals surface area contributed by atoms with Crippen LogP contribution in [0.1, 0.15) is 18.6 Å². The number of likely N-dealkylation sites (tertiary alicyclic amines) is 1. The van der Waals surface area contributed by atoms with Crippen LogP contribution in [-0.4, -0.2) is 29.7 Å². The molecule has 1 N–H and O–H groups in total. The van der Waals surface area contributed by atoms with Crippen LogP contribution in [-0.2, 0) is 6.54 Å². The van der Waals surface area contributed by atoms with Crippen LogP contribution in [0.2, 0.25) is 0 Å². The van der Waals surface area contributed by atoms with Crippen molar-refractivity contribution in [1.29, 1.82) is 0 Å². The van der Waals surface area contributed by atoms with Crippen LogP contribution in [0.3, 0.4) is 0 Å². The fourth-order valence-corrected chi connectivity index (χ4v) is 3.19. The molecule has 112 valence electrons. The van der Waals surface area contributed by atoms with Crippen LogP contribution in [0.4, 0.5) is 0 Å². The van der Waals surface area contributed by atoms with E-state index in [2.05, 4.69) is 39.0 Å². The molecule has 0 amide bonds. The van der Waals surface area contributed by atoms with Gasteiger partial charge in [-0.1, -0.05) is 28.1 Å². The van der Waals surface area contributed by atoms with Crippen molar-refractivity contribution < 1.29 is 9.52 Å². The molecule has 1 fully saturated rings. The molecule has 1 atom stereocenters. The first-order valence-electron chi connectivity index (χ1n) is 7.42. The van der Waals surface area contributed by atoms with E-state index in [-0.39, 0.29) is 0 Å². The molecule has 1 aliphatic rings. The molecule has 1 saturated heterocycles. The molecule has 0 saturated carbocycles. The standard InChI is InChI=1S/C17H20BrNO2/c18-15-3-1-14(2-4-15)17-6-5-16(21-17)12-19-9-7-13(11-19)8-10-20/h1-6,13,20H,7-12H2. The van der Waals surface area contributed by atoms with Crippen molar-refractivity contribution in [2.75, 3.05) is 19.7 Å². The zero-order valence-electron chi connectivity index (χ0n) is 12.0. The molecule has 0 radical (unpaired) electrons. The maximum absolute atomic E-state index is 9.01. The van der Waals surface area contributed by atoms with Crippen molar-refractivity contribution >= 4 is 15.9 Å². The smallest absolute Gasteiger partial charge is 0.134 e. The second-order valence-corrected chi connectivity index (χ2v) is 6.59. The minimum atomic E-state index is 0.299. The summed E-state index contributed by atoms with van der Waals surface area (Å²) >= 11 is 3.44. The molecule has 21 heavy (non-hydrogen) atoms. The molecular weight excluding hydrogens is 330 g/mol. The molecular formula is C17H20BrNO2. The van der Waals surface area contributed by atoms with E-state index in [9.17, 15) is 0 Å². The van der Waals surface area contributed by atoms with Gasteiger partial charge in [0, 0.05) is 23.2 Å². The van der Waals surface area contributed by atoms with Gasteiger partial charge in [0.1, 0.15) is 11.5 Å². The summed E-state index contributed by atoms with van der Waals surface area (Å²) in [4.78, 5) is 2.41. The molecule has 4 heteroatoms. The third-order valence-electron chi connectivity index (χ3n) is 4.08. The molecule has 1 aromatic carbocycles. The minimum absolute atomic E-state index is 0.299. The van der Waals surface area contributed by atoms with Gasteiger partial charge in [-0.25, -0.2) is 0 Å². The van der Waals surface area contributed by atoms with E-state index in [1.807, 2.05) is 18.2 Å². The number of benzene rings is 1. The van der Waals surface area contributed by atoms with Gasteiger partial charge >= 0.3 is 0 Å². The summed E-state index contributed by atoms with van der Waals surface area (Å²) in [5, 5.41) is 9.01. The van der Waals surface area contributed by atoms with Gasteiger partial charge in [-0.15, -0.1) is 0 Å². The van der Waals surface area contributed by atoms with Crippen molar-refractivity contribution in [2.24, 2.45) is 5.92 Å². The normalized spacial score (nSPS) is 19.2. The van der Waals surface area contributed by atoms with Crippen molar-refractivity contribution in [2.45, 2.75) is 19.4 Å². The van der Waals surface area contributed by atoms with E-state index in [4.69, 9.17) is 9.52 Å². The highest BCUT2D eigenvalue weighted by atomic mass is 79.9. The lowest BCUT2D eigenvalue weighted by Gasteiger charge is -2.13. The highest BCUT2D eigenvalue weighted by Gasteiger charge is 2.22. The number of aliphatic hydroxyl groups is 1. The molecule has 3 rings (SSSR count). The second-order valence-electron chi connectivity index (χ2n) is 5.67. The van der Waals surface area contributed by atoms with Crippen LogP contribution < -0.4 is 0 Å². The van der Waals surface area contributed by atoms with Gasteiger partial charge in [0.15, 0.2) is 0 Å². The van der Waals surface area contributed by atoms with Crippen molar-refractivity contribution in [3.8, 4) is 11.3 Å². The number of hydrogen-bond donors (Lipinski definition) is 1. The Bertz CT molecular complexity index is 579. The SMILES string of the molecule is OCCC1CCN(Cc2ccc(-c3ccc(Br)cc3)o2)C1. The summed E-state index contributed by atoms with van der Waals surface area (Å²) in [6.45, 7) is 3.32. The Morgan fingerprint density at radius 2 is 2.00 bits per heavy atom. The van der Waals surface area contributed by atoms with E-state index in [1.54, 1.807) is 0 Å². The minimum Gasteiger partial charge on any atom is -0.460 e. The lowest BCUT2D eigenvalue weighted by atomic mass is 10.1. The average molecular weight is 350 g/mol. The summed E-state index contributed by atoms with van der Waals surface area (Å²) in [6.07, 6.45) is 2.10. The van der Waals surface area contributed by atoms with Crippen LogP contribution in [0.25, 0.3) is 11.3 Å². The third-order valence-corrected chi connectivity index (χ3v) is 4.61.